The quantitative estimate of drug-likeness (QED) is 0.468. The van der Waals surface area contributed by atoms with Gasteiger partial charge >= 0.3 is 0 Å². The fraction of sp³-hybridized carbons (Fsp3) is 0.400. The minimum absolute atomic E-state index is 0.165. The first-order valence-electron chi connectivity index (χ1n) is 11.1. The summed E-state index contributed by atoms with van der Waals surface area (Å²) in [6.07, 6.45) is 11.6. The van der Waals surface area contributed by atoms with Gasteiger partial charge in [0.05, 0.1) is 18.5 Å². The van der Waals surface area contributed by atoms with Gasteiger partial charge < -0.3 is 9.64 Å². The molecule has 0 bridgehead atoms. The summed E-state index contributed by atoms with van der Waals surface area (Å²) >= 11 is 0. The average molecular weight is 419 g/mol. The van der Waals surface area contributed by atoms with Crippen LogP contribution < -0.4 is 4.74 Å². The predicted molar refractivity (Wildman–Crippen MR) is 121 cm³/mol. The van der Waals surface area contributed by atoms with Crippen molar-refractivity contribution >= 4 is 5.78 Å². The van der Waals surface area contributed by atoms with Crippen molar-refractivity contribution in [1.29, 1.82) is 0 Å². The van der Waals surface area contributed by atoms with E-state index in [0.717, 1.165) is 42.1 Å². The summed E-state index contributed by atoms with van der Waals surface area (Å²) in [5, 5.41) is 4.41. The van der Waals surface area contributed by atoms with Crippen LogP contribution in [0.1, 0.15) is 37.3 Å². The van der Waals surface area contributed by atoms with Gasteiger partial charge in [0.25, 0.3) is 0 Å². The third-order valence-corrected chi connectivity index (χ3v) is 5.84. The van der Waals surface area contributed by atoms with Gasteiger partial charge in [-0.2, -0.15) is 5.10 Å². The van der Waals surface area contributed by atoms with E-state index in [2.05, 4.69) is 21.9 Å². The van der Waals surface area contributed by atoms with Crippen molar-refractivity contribution in [2.24, 2.45) is 0 Å². The highest BCUT2D eigenvalue weighted by Crippen LogP contribution is 2.18. The number of rotatable bonds is 10. The molecule has 1 aromatic carbocycles. The Morgan fingerprint density at radius 1 is 1.10 bits per heavy atom. The third-order valence-electron chi connectivity index (χ3n) is 5.84. The second-order valence-electron chi connectivity index (χ2n) is 8.26. The SMILES string of the molecule is C[C@@H]1CCCN1CCCOc1ccc(-n2cc(CC(=O)Cc3ccncc3)cn2)cc1. The minimum atomic E-state index is 0.165. The van der Waals surface area contributed by atoms with E-state index in [1.807, 2.05) is 42.6 Å². The Morgan fingerprint density at radius 3 is 2.61 bits per heavy atom. The van der Waals surface area contributed by atoms with E-state index in [1.54, 1.807) is 23.3 Å². The highest BCUT2D eigenvalue weighted by atomic mass is 16.5. The van der Waals surface area contributed by atoms with E-state index in [0.29, 0.717) is 18.9 Å². The molecule has 0 radical (unpaired) electrons. The Hall–Kier alpha value is -2.99. The monoisotopic (exact) mass is 418 g/mol. The molecule has 31 heavy (non-hydrogen) atoms. The van der Waals surface area contributed by atoms with Gasteiger partial charge in [0.15, 0.2) is 0 Å². The molecule has 6 nitrogen and oxygen atoms in total. The van der Waals surface area contributed by atoms with Gasteiger partial charge in [-0.15, -0.1) is 0 Å². The predicted octanol–water partition coefficient (Wildman–Crippen LogP) is 3.87. The van der Waals surface area contributed by atoms with Gasteiger partial charge in [-0.25, -0.2) is 4.68 Å². The van der Waals surface area contributed by atoms with Crippen molar-refractivity contribution in [3.63, 3.8) is 0 Å². The van der Waals surface area contributed by atoms with Crippen molar-refractivity contribution in [3.05, 3.63) is 72.3 Å². The van der Waals surface area contributed by atoms with E-state index < -0.39 is 0 Å². The highest BCUT2D eigenvalue weighted by molar-refractivity contribution is 5.82. The lowest BCUT2D eigenvalue weighted by Gasteiger charge is -2.20. The number of carbonyl (C=O) groups excluding carboxylic acids is 1. The maximum atomic E-state index is 12.3. The number of ketones is 1. The van der Waals surface area contributed by atoms with Crippen LogP contribution in [-0.4, -0.2) is 51.2 Å². The second kappa shape index (κ2) is 10.4. The van der Waals surface area contributed by atoms with Crippen LogP contribution in [0.2, 0.25) is 0 Å². The summed E-state index contributed by atoms with van der Waals surface area (Å²) in [7, 11) is 0. The van der Waals surface area contributed by atoms with Crippen LogP contribution in [0.4, 0.5) is 0 Å². The highest BCUT2D eigenvalue weighted by Gasteiger charge is 2.19. The average Bonchev–Trinajstić information content (AvgIpc) is 3.41. The zero-order valence-corrected chi connectivity index (χ0v) is 18.1. The normalized spacial score (nSPS) is 16.5. The fourth-order valence-corrected chi connectivity index (χ4v) is 4.09. The lowest BCUT2D eigenvalue weighted by molar-refractivity contribution is -0.117. The molecule has 1 saturated heterocycles. The summed E-state index contributed by atoms with van der Waals surface area (Å²) in [4.78, 5) is 18.9. The number of aromatic nitrogens is 3. The largest absolute Gasteiger partial charge is 0.494 e. The van der Waals surface area contributed by atoms with Crippen molar-refractivity contribution in [2.45, 2.75) is 45.1 Å². The van der Waals surface area contributed by atoms with E-state index in [4.69, 9.17) is 4.74 Å². The number of likely N-dealkylation sites (tertiary alicyclic amines) is 1. The number of hydrogen-bond acceptors (Lipinski definition) is 5. The zero-order chi connectivity index (χ0) is 21.5. The molecule has 1 aliphatic rings. The van der Waals surface area contributed by atoms with Gasteiger partial charge in [0.1, 0.15) is 11.5 Å². The van der Waals surface area contributed by atoms with Crippen LogP contribution in [0.5, 0.6) is 5.75 Å². The van der Waals surface area contributed by atoms with Gasteiger partial charge in [0, 0.05) is 44.0 Å². The Kier molecular flexibility index (Phi) is 7.10. The molecule has 6 heteroatoms. The molecule has 0 N–H and O–H groups in total. The Morgan fingerprint density at radius 2 is 1.87 bits per heavy atom. The maximum absolute atomic E-state index is 12.3. The lowest BCUT2D eigenvalue weighted by atomic mass is 10.1. The summed E-state index contributed by atoms with van der Waals surface area (Å²) in [6, 6.07) is 12.4. The van der Waals surface area contributed by atoms with Crippen LogP contribution in [-0.2, 0) is 17.6 Å². The minimum Gasteiger partial charge on any atom is -0.494 e. The van der Waals surface area contributed by atoms with Crippen molar-refractivity contribution in [3.8, 4) is 11.4 Å². The standard InChI is InChI=1S/C25H30N4O2/c1-20-4-2-13-28(20)14-3-15-31-25-7-5-23(6-8-25)29-19-22(18-27-29)17-24(30)16-21-9-11-26-12-10-21/h5-12,18-20H,2-4,13-17H2,1H3/t20-/m1/s1. The lowest BCUT2D eigenvalue weighted by Crippen LogP contribution is -2.28. The van der Waals surface area contributed by atoms with Gasteiger partial charge in [-0.05, 0) is 80.3 Å². The summed E-state index contributed by atoms with van der Waals surface area (Å²) in [6.45, 7) is 5.37. The summed E-state index contributed by atoms with van der Waals surface area (Å²) in [5.41, 5.74) is 2.85. The van der Waals surface area contributed by atoms with Crippen molar-refractivity contribution in [2.75, 3.05) is 19.7 Å². The molecule has 3 aromatic rings. The topological polar surface area (TPSA) is 60.2 Å². The summed E-state index contributed by atoms with van der Waals surface area (Å²) in [5.74, 6) is 1.04. The molecule has 3 heterocycles. The first-order chi connectivity index (χ1) is 15.2. The molecule has 0 spiro atoms. The second-order valence-corrected chi connectivity index (χ2v) is 8.26. The van der Waals surface area contributed by atoms with Crippen LogP contribution >= 0.6 is 0 Å². The van der Waals surface area contributed by atoms with Crippen molar-refractivity contribution in [1.82, 2.24) is 19.7 Å². The van der Waals surface area contributed by atoms with Crippen LogP contribution in [0.15, 0.2) is 61.2 Å². The van der Waals surface area contributed by atoms with E-state index >= 15 is 0 Å². The molecule has 1 fully saturated rings. The molecule has 0 amide bonds. The molecule has 4 rings (SSSR count). The van der Waals surface area contributed by atoms with Crippen LogP contribution in [0, 0.1) is 0 Å². The molecule has 1 atom stereocenters. The van der Waals surface area contributed by atoms with Crippen LogP contribution in [0.3, 0.4) is 0 Å². The Labute approximate surface area is 183 Å². The number of benzene rings is 1. The smallest absolute Gasteiger partial charge is 0.141 e. The molecule has 1 aliphatic heterocycles. The van der Waals surface area contributed by atoms with Gasteiger partial charge in [-0.3, -0.25) is 9.78 Å². The third kappa shape index (κ3) is 6.01. The molecule has 0 aliphatic carbocycles. The molecule has 162 valence electrons. The first kappa shape index (κ1) is 21.2. The van der Waals surface area contributed by atoms with Crippen molar-refractivity contribution < 1.29 is 9.53 Å². The Bertz CT molecular complexity index is 969. The maximum Gasteiger partial charge on any atom is 0.141 e. The first-order valence-corrected chi connectivity index (χ1v) is 11.1. The molecule has 0 saturated carbocycles. The van der Waals surface area contributed by atoms with Crippen LogP contribution in [0.25, 0.3) is 5.69 Å². The Balaban J connectivity index is 1.24. The zero-order valence-electron chi connectivity index (χ0n) is 18.1. The number of Topliss-reactive ketones (excluding diaryl/α,β-unsaturated/α-hetero) is 1. The van der Waals surface area contributed by atoms with Gasteiger partial charge in [0.2, 0.25) is 0 Å². The van der Waals surface area contributed by atoms with Gasteiger partial charge in [-0.1, -0.05) is 0 Å². The van der Waals surface area contributed by atoms with E-state index in [9.17, 15) is 4.79 Å². The number of pyridine rings is 1. The molecule has 2 aromatic heterocycles. The van der Waals surface area contributed by atoms with E-state index in [-0.39, 0.29) is 5.78 Å². The molecular weight excluding hydrogens is 388 g/mol. The fourth-order valence-electron chi connectivity index (χ4n) is 4.09. The molecular formula is C25H30N4O2. The van der Waals surface area contributed by atoms with E-state index in [1.165, 1.54) is 19.4 Å². The number of hydrogen-bond donors (Lipinski definition) is 0. The number of carbonyl (C=O) groups is 1. The molecule has 0 unspecified atom stereocenters. The number of nitrogens with zero attached hydrogens (tertiary/aromatic N) is 4. The number of ether oxygens (including phenoxy) is 1. The summed E-state index contributed by atoms with van der Waals surface area (Å²) < 4.78 is 7.70.